The van der Waals surface area contributed by atoms with Crippen LogP contribution in [0.2, 0.25) is 0 Å². The van der Waals surface area contributed by atoms with E-state index in [9.17, 15) is 9.59 Å². The summed E-state index contributed by atoms with van der Waals surface area (Å²) in [5.74, 6) is 1.19. The highest BCUT2D eigenvalue weighted by molar-refractivity contribution is 5.95. The molecule has 180 valence electrons. The van der Waals surface area contributed by atoms with Gasteiger partial charge in [-0.25, -0.2) is 20.2 Å². The Hall–Kier alpha value is -4.60. The molecule has 2 aromatic carbocycles. The van der Waals surface area contributed by atoms with Gasteiger partial charge in [0.15, 0.2) is 11.5 Å². The van der Waals surface area contributed by atoms with Crippen molar-refractivity contribution in [1.82, 2.24) is 30.7 Å². The summed E-state index contributed by atoms with van der Waals surface area (Å²) in [6.07, 6.45) is 3.36. The van der Waals surface area contributed by atoms with Crippen LogP contribution in [0.3, 0.4) is 0 Å². The second kappa shape index (κ2) is 10.6. The number of pyridine rings is 1. The number of ether oxygens (including phenoxy) is 2. The fraction of sp³-hybridized carbons (Fsp3) is 0.200. The van der Waals surface area contributed by atoms with E-state index in [1.807, 2.05) is 54.8 Å². The van der Waals surface area contributed by atoms with Gasteiger partial charge in [-0.1, -0.05) is 18.2 Å². The average Bonchev–Trinajstić information content (AvgIpc) is 3.30. The lowest BCUT2D eigenvalue weighted by molar-refractivity contribution is 0.0935. The largest absolute Gasteiger partial charge is 0.493 e. The summed E-state index contributed by atoms with van der Waals surface area (Å²) >= 11 is 0. The van der Waals surface area contributed by atoms with E-state index in [0.717, 1.165) is 22.4 Å². The standard InChI is InChI=1S/C25H26N6O4/c1-16(2)35-21-10-9-18(12-22(21)34-3)24(32)29-30-25(33)27-14-17-8-11-23(26-13-17)31-15-28-19-6-4-5-7-20(19)31/h4-13,15-16H,14H2,1-3H3,(H,29,32)(H2,27,30,33). The zero-order valence-electron chi connectivity index (χ0n) is 19.6. The molecule has 0 bridgehead atoms. The lowest BCUT2D eigenvalue weighted by Crippen LogP contribution is -2.46. The van der Waals surface area contributed by atoms with Gasteiger partial charge in [0.2, 0.25) is 0 Å². The number of benzene rings is 2. The minimum Gasteiger partial charge on any atom is -0.493 e. The Balaban J connectivity index is 1.29. The molecular formula is C25H26N6O4. The maximum absolute atomic E-state index is 12.4. The third-order valence-electron chi connectivity index (χ3n) is 5.04. The average molecular weight is 475 g/mol. The quantitative estimate of drug-likeness (QED) is 0.354. The lowest BCUT2D eigenvalue weighted by atomic mass is 10.2. The highest BCUT2D eigenvalue weighted by Gasteiger charge is 2.13. The number of nitrogens with one attached hydrogen (secondary N) is 3. The molecule has 0 saturated heterocycles. The number of amides is 3. The molecule has 0 aliphatic heterocycles. The van der Waals surface area contributed by atoms with E-state index < -0.39 is 11.9 Å². The summed E-state index contributed by atoms with van der Waals surface area (Å²) in [5.41, 5.74) is 7.65. The van der Waals surface area contributed by atoms with Crippen LogP contribution in [0.1, 0.15) is 29.8 Å². The topological polar surface area (TPSA) is 119 Å². The number of rotatable bonds is 7. The number of hydrogen-bond acceptors (Lipinski definition) is 6. The van der Waals surface area contributed by atoms with E-state index in [1.54, 1.807) is 30.7 Å². The molecule has 0 aliphatic carbocycles. The molecule has 0 saturated carbocycles. The van der Waals surface area contributed by atoms with Crippen LogP contribution < -0.4 is 25.6 Å². The number of imidazole rings is 1. The predicted octanol–water partition coefficient (Wildman–Crippen LogP) is 3.36. The molecule has 10 nitrogen and oxygen atoms in total. The van der Waals surface area contributed by atoms with Crippen molar-refractivity contribution in [3.8, 4) is 17.3 Å². The first-order valence-corrected chi connectivity index (χ1v) is 11.0. The van der Waals surface area contributed by atoms with E-state index >= 15 is 0 Å². The number of nitrogens with zero attached hydrogens (tertiary/aromatic N) is 3. The van der Waals surface area contributed by atoms with Crippen LogP contribution in [0.25, 0.3) is 16.9 Å². The number of para-hydroxylation sites is 2. The van der Waals surface area contributed by atoms with Crippen molar-refractivity contribution in [2.24, 2.45) is 0 Å². The normalized spacial score (nSPS) is 10.7. The van der Waals surface area contributed by atoms with Gasteiger partial charge in [0.1, 0.15) is 12.1 Å². The highest BCUT2D eigenvalue weighted by atomic mass is 16.5. The fourth-order valence-corrected chi connectivity index (χ4v) is 3.38. The van der Waals surface area contributed by atoms with E-state index in [4.69, 9.17) is 9.47 Å². The van der Waals surface area contributed by atoms with Gasteiger partial charge in [0.25, 0.3) is 5.91 Å². The second-order valence-electron chi connectivity index (χ2n) is 7.92. The Morgan fingerprint density at radius 3 is 2.57 bits per heavy atom. The van der Waals surface area contributed by atoms with E-state index in [2.05, 4.69) is 26.1 Å². The van der Waals surface area contributed by atoms with E-state index in [0.29, 0.717) is 17.1 Å². The van der Waals surface area contributed by atoms with E-state index in [-0.39, 0.29) is 12.6 Å². The zero-order valence-corrected chi connectivity index (χ0v) is 19.6. The van der Waals surface area contributed by atoms with Crippen LogP contribution in [0.4, 0.5) is 4.79 Å². The first-order valence-electron chi connectivity index (χ1n) is 11.0. The number of methoxy groups -OCH3 is 1. The van der Waals surface area contributed by atoms with Crippen LogP contribution in [0, 0.1) is 0 Å². The molecule has 35 heavy (non-hydrogen) atoms. The molecule has 0 atom stereocenters. The number of carbonyl (C=O) groups is 2. The Bertz CT molecular complexity index is 1330. The molecule has 2 aromatic heterocycles. The highest BCUT2D eigenvalue weighted by Crippen LogP contribution is 2.28. The van der Waals surface area contributed by atoms with Crippen molar-refractivity contribution in [2.75, 3.05) is 7.11 Å². The zero-order chi connectivity index (χ0) is 24.8. The van der Waals surface area contributed by atoms with Crippen LogP contribution in [-0.2, 0) is 6.54 Å². The van der Waals surface area contributed by atoms with Crippen molar-refractivity contribution in [3.63, 3.8) is 0 Å². The molecule has 0 spiro atoms. The van der Waals surface area contributed by atoms with Gasteiger partial charge in [-0.2, -0.15) is 0 Å². The molecule has 2 heterocycles. The molecule has 0 fully saturated rings. The number of carbonyl (C=O) groups excluding carboxylic acids is 2. The predicted molar refractivity (Wildman–Crippen MR) is 130 cm³/mol. The molecule has 0 aliphatic rings. The summed E-state index contributed by atoms with van der Waals surface area (Å²) in [7, 11) is 1.49. The van der Waals surface area contributed by atoms with Gasteiger partial charge in [0.05, 0.1) is 24.2 Å². The Morgan fingerprint density at radius 2 is 1.83 bits per heavy atom. The van der Waals surface area contributed by atoms with Gasteiger partial charge in [-0.3, -0.25) is 14.8 Å². The van der Waals surface area contributed by atoms with Crippen LogP contribution in [-0.4, -0.2) is 39.7 Å². The van der Waals surface area contributed by atoms with E-state index in [1.165, 1.54) is 7.11 Å². The molecule has 4 rings (SSSR count). The Kier molecular flexibility index (Phi) is 7.10. The third-order valence-corrected chi connectivity index (χ3v) is 5.04. The molecule has 3 amide bonds. The molecular weight excluding hydrogens is 448 g/mol. The SMILES string of the molecule is COc1cc(C(=O)NNC(=O)NCc2ccc(-n3cnc4ccccc43)nc2)ccc1OC(C)C. The maximum atomic E-state index is 12.4. The molecule has 4 aromatic rings. The first kappa shape index (κ1) is 23.6. The van der Waals surface area contributed by atoms with Gasteiger partial charge in [0, 0.05) is 18.3 Å². The van der Waals surface area contributed by atoms with Gasteiger partial charge in [-0.05, 0) is 55.8 Å². The minimum atomic E-state index is -0.560. The van der Waals surface area contributed by atoms with Crippen molar-refractivity contribution in [2.45, 2.75) is 26.5 Å². The number of fused-ring (bicyclic) bond motifs is 1. The van der Waals surface area contributed by atoms with Crippen molar-refractivity contribution >= 4 is 23.0 Å². The van der Waals surface area contributed by atoms with Crippen LogP contribution in [0.5, 0.6) is 11.5 Å². The van der Waals surface area contributed by atoms with Gasteiger partial charge in [-0.15, -0.1) is 0 Å². The van der Waals surface area contributed by atoms with Crippen molar-refractivity contribution in [1.29, 1.82) is 0 Å². The number of urea groups is 1. The Labute approximate surface area is 202 Å². The second-order valence-corrected chi connectivity index (χ2v) is 7.92. The maximum Gasteiger partial charge on any atom is 0.333 e. The summed E-state index contributed by atoms with van der Waals surface area (Å²) in [5, 5.41) is 2.67. The summed E-state index contributed by atoms with van der Waals surface area (Å²) in [6.45, 7) is 4.03. The molecule has 0 unspecified atom stereocenters. The lowest BCUT2D eigenvalue weighted by Gasteiger charge is -2.14. The van der Waals surface area contributed by atoms with Crippen molar-refractivity contribution in [3.05, 3.63) is 78.2 Å². The first-order chi connectivity index (χ1) is 16.9. The molecule has 10 heteroatoms. The molecule has 0 radical (unpaired) electrons. The number of hydrogen-bond donors (Lipinski definition) is 3. The number of aromatic nitrogens is 3. The fourth-order valence-electron chi connectivity index (χ4n) is 3.38. The minimum absolute atomic E-state index is 0.0360. The number of hydrazine groups is 1. The smallest absolute Gasteiger partial charge is 0.333 e. The monoisotopic (exact) mass is 474 g/mol. The van der Waals surface area contributed by atoms with Crippen LogP contribution in [0.15, 0.2) is 67.1 Å². The van der Waals surface area contributed by atoms with Crippen LogP contribution >= 0.6 is 0 Å². The Morgan fingerprint density at radius 1 is 1.00 bits per heavy atom. The summed E-state index contributed by atoms with van der Waals surface area (Å²) in [4.78, 5) is 33.4. The summed E-state index contributed by atoms with van der Waals surface area (Å²) in [6, 6.07) is 15.7. The summed E-state index contributed by atoms with van der Waals surface area (Å²) < 4.78 is 12.8. The van der Waals surface area contributed by atoms with Crippen molar-refractivity contribution < 1.29 is 19.1 Å². The van der Waals surface area contributed by atoms with Gasteiger partial charge < -0.3 is 14.8 Å². The van der Waals surface area contributed by atoms with Gasteiger partial charge >= 0.3 is 6.03 Å². The molecule has 3 N–H and O–H groups in total. The third kappa shape index (κ3) is 5.67.